The Morgan fingerprint density at radius 1 is 1.56 bits per heavy atom. The zero-order valence-electron chi connectivity index (χ0n) is 8.70. The molecule has 16 heavy (non-hydrogen) atoms. The molecule has 0 radical (unpaired) electrons. The Bertz CT molecular complexity index is 405. The normalized spacial score (nSPS) is 14.6. The number of anilines is 1. The molecule has 1 aliphatic rings. The van der Waals surface area contributed by atoms with Crippen LogP contribution in [0.1, 0.15) is 12.8 Å². The van der Waals surface area contributed by atoms with E-state index in [4.69, 9.17) is 22.1 Å². The Balaban J connectivity index is 1.87. The molecule has 3 N–H and O–H groups in total. The highest BCUT2D eigenvalue weighted by molar-refractivity contribution is 6.30. The van der Waals surface area contributed by atoms with Gasteiger partial charge in [0.15, 0.2) is 6.61 Å². The van der Waals surface area contributed by atoms with E-state index in [0.29, 0.717) is 22.5 Å². The summed E-state index contributed by atoms with van der Waals surface area (Å²) < 4.78 is 5.29. The summed E-state index contributed by atoms with van der Waals surface area (Å²) in [6.45, 7) is -0.0267. The number of hydrogen-bond acceptors (Lipinski definition) is 3. The zero-order chi connectivity index (χ0) is 11.5. The Kier molecular flexibility index (Phi) is 3.19. The highest BCUT2D eigenvalue weighted by atomic mass is 35.5. The Hall–Kier alpha value is -1.42. The van der Waals surface area contributed by atoms with Crippen molar-refractivity contribution in [2.24, 2.45) is 0 Å². The molecular weight excluding hydrogens is 228 g/mol. The molecule has 0 atom stereocenters. The van der Waals surface area contributed by atoms with E-state index < -0.39 is 0 Å². The third-order valence-corrected chi connectivity index (χ3v) is 2.51. The predicted octanol–water partition coefficient (Wildman–Crippen LogP) is 1.58. The van der Waals surface area contributed by atoms with Crippen LogP contribution >= 0.6 is 11.6 Å². The second kappa shape index (κ2) is 4.61. The van der Waals surface area contributed by atoms with E-state index >= 15 is 0 Å². The molecule has 1 saturated carbocycles. The molecular formula is C11H13ClN2O2. The summed E-state index contributed by atoms with van der Waals surface area (Å²) in [6.07, 6.45) is 2.12. The van der Waals surface area contributed by atoms with Crippen LogP contribution in [0.4, 0.5) is 5.69 Å². The third kappa shape index (κ3) is 3.03. The van der Waals surface area contributed by atoms with Gasteiger partial charge in [-0.25, -0.2) is 0 Å². The molecule has 0 aromatic heterocycles. The van der Waals surface area contributed by atoms with E-state index in [-0.39, 0.29) is 12.5 Å². The smallest absolute Gasteiger partial charge is 0.258 e. The Morgan fingerprint density at radius 3 is 3.00 bits per heavy atom. The van der Waals surface area contributed by atoms with Gasteiger partial charge in [0.25, 0.3) is 5.91 Å². The van der Waals surface area contributed by atoms with E-state index in [1.54, 1.807) is 18.2 Å². The van der Waals surface area contributed by atoms with E-state index in [2.05, 4.69) is 5.32 Å². The van der Waals surface area contributed by atoms with Crippen molar-refractivity contribution in [2.75, 3.05) is 12.3 Å². The number of benzene rings is 1. The van der Waals surface area contributed by atoms with Gasteiger partial charge < -0.3 is 15.8 Å². The SMILES string of the molecule is Nc1ccc(Cl)cc1OCC(=O)NC1CC1. The number of amides is 1. The summed E-state index contributed by atoms with van der Waals surface area (Å²) in [5, 5.41) is 3.35. The maximum Gasteiger partial charge on any atom is 0.258 e. The van der Waals surface area contributed by atoms with Crippen molar-refractivity contribution >= 4 is 23.2 Å². The van der Waals surface area contributed by atoms with Gasteiger partial charge in [0.05, 0.1) is 5.69 Å². The highest BCUT2D eigenvalue weighted by Gasteiger charge is 2.23. The number of carbonyl (C=O) groups excluding carboxylic acids is 1. The van der Waals surface area contributed by atoms with Crippen LogP contribution in [0.3, 0.4) is 0 Å². The average molecular weight is 241 g/mol. The van der Waals surface area contributed by atoms with Crippen LogP contribution in [-0.2, 0) is 4.79 Å². The van der Waals surface area contributed by atoms with Gasteiger partial charge in [-0.2, -0.15) is 0 Å². The molecule has 0 unspecified atom stereocenters. The summed E-state index contributed by atoms with van der Waals surface area (Å²) in [5.74, 6) is 0.320. The van der Waals surface area contributed by atoms with E-state index in [1.165, 1.54) is 0 Å². The molecule has 86 valence electrons. The van der Waals surface area contributed by atoms with E-state index in [1.807, 2.05) is 0 Å². The summed E-state index contributed by atoms with van der Waals surface area (Å²) in [6, 6.07) is 5.26. The van der Waals surface area contributed by atoms with Gasteiger partial charge in [0.2, 0.25) is 0 Å². The molecule has 0 spiro atoms. The fourth-order valence-electron chi connectivity index (χ4n) is 1.27. The van der Waals surface area contributed by atoms with Crippen molar-refractivity contribution in [1.29, 1.82) is 0 Å². The lowest BCUT2D eigenvalue weighted by atomic mass is 10.3. The van der Waals surface area contributed by atoms with Gasteiger partial charge in [0.1, 0.15) is 5.75 Å². The Labute approximate surface area is 98.7 Å². The maximum atomic E-state index is 11.4. The first-order chi connectivity index (χ1) is 7.65. The average Bonchev–Trinajstić information content (AvgIpc) is 3.03. The molecule has 1 aliphatic carbocycles. The topological polar surface area (TPSA) is 64.3 Å². The summed E-state index contributed by atoms with van der Waals surface area (Å²) in [4.78, 5) is 11.4. The van der Waals surface area contributed by atoms with Crippen molar-refractivity contribution in [3.05, 3.63) is 23.2 Å². The monoisotopic (exact) mass is 240 g/mol. The minimum atomic E-state index is -0.123. The number of nitrogens with one attached hydrogen (secondary N) is 1. The van der Waals surface area contributed by atoms with Gasteiger partial charge in [-0.3, -0.25) is 4.79 Å². The second-order valence-corrected chi connectivity index (χ2v) is 4.25. The fraction of sp³-hybridized carbons (Fsp3) is 0.364. The maximum absolute atomic E-state index is 11.4. The van der Waals surface area contributed by atoms with Gasteiger partial charge in [-0.05, 0) is 25.0 Å². The molecule has 0 bridgehead atoms. The van der Waals surface area contributed by atoms with Crippen LogP contribution in [0.2, 0.25) is 5.02 Å². The molecule has 5 heteroatoms. The molecule has 0 saturated heterocycles. The number of ether oxygens (including phenoxy) is 1. The number of nitrogens with two attached hydrogens (primary N) is 1. The largest absolute Gasteiger partial charge is 0.482 e. The predicted molar refractivity (Wildman–Crippen MR) is 62.5 cm³/mol. The highest BCUT2D eigenvalue weighted by Crippen LogP contribution is 2.25. The minimum Gasteiger partial charge on any atom is -0.482 e. The van der Waals surface area contributed by atoms with Gasteiger partial charge in [0, 0.05) is 17.1 Å². The van der Waals surface area contributed by atoms with Crippen LogP contribution in [0.5, 0.6) is 5.75 Å². The molecule has 1 aromatic rings. The van der Waals surface area contributed by atoms with Gasteiger partial charge >= 0.3 is 0 Å². The summed E-state index contributed by atoms with van der Waals surface area (Å²) >= 11 is 5.79. The lowest BCUT2D eigenvalue weighted by Gasteiger charge is -2.09. The zero-order valence-corrected chi connectivity index (χ0v) is 9.46. The first-order valence-corrected chi connectivity index (χ1v) is 5.50. The Morgan fingerprint density at radius 2 is 2.31 bits per heavy atom. The van der Waals surface area contributed by atoms with Crippen molar-refractivity contribution < 1.29 is 9.53 Å². The summed E-state index contributed by atoms with van der Waals surface area (Å²) in [7, 11) is 0. The molecule has 1 fully saturated rings. The van der Waals surface area contributed by atoms with Crippen LogP contribution in [0.15, 0.2) is 18.2 Å². The number of hydrogen-bond donors (Lipinski definition) is 2. The first-order valence-electron chi connectivity index (χ1n) is 5.12. The summed E-state index contributed by atoms with van der Waals surface area (Å²) in [5.41, 5.74) is 6.15. The molecule has 4 nitrogen and oxygen atoms in total. The van der Waals surface area contributed by atoms with Crippen LogP contribution in [-0.4, -0.2) is 18.6 Å². The van der Waals surface area contributed by atoms with Crippen LogP contribution in [0.25, 0.3) is 0 Å². The molecule has 0 heterocycles. The first kappa shape index (κ1) is 11.1. The van der Waals surface area contributed by atoms with Crippen LogP contribution < -0.4 is 15.8 Å². The van der Waals surface area contributed by atoms with Crippen molar-refractivity contribution in [3.8, 4) is 5.75 Å². The van der Waals surface area contributed by atoms with E-state index in [9.17, 15) is 4.79 Å². The number of carbonyl (C=O) groups is 1. The third-order valence-electron chi connectivity index (χ3n) is 2.28. The molecule has 2 rings (SSSR count). The van der Waals surface area contributed by atoms with Crippen molar-refractivity contribution in [2.45, 2.75) is 18.9 Å². The molecule has 0 aliphatic heterocycles. The van der Waals surface area contributed by atoms with Crippen LogP contribution in [0, 0.1) is 0 Å². The van der Waals surface area contributed by atoms with Gasteiger partial charge in [-0.15, -0.1) is 0 Å². The quantitative estimate of drug-likeness (QED) is 0.786. The number of halogens is 1. The van der Waals surface area contributed by atoms with Crippen molar-refractivity contribution in [1.82, 2.24) is 5.32 Å². The number of nitrogen functional groups attached to an aromatic ring is 1. The van der Waals surface area contributed by atoms with Gasteiger partial charge in [-0.1, -0.05) is 11.6 Å². The minimum absolute atomic E-state index is 0.0267. The standard InChI is InChI=1S/C11H13ClN2O2/c12-7-1-4-9(13)10(5-7)16-6-11(15)14-8-2-3-8/h1,4-5,8H,2-3,6,13H2,(H,14,15). The molecule has 1 amide bonds. The fourth-order valence-corrected chi connectivity index (χ4v) is 1.44. The lowest BCUT2D eigenvalue weighted by molar-refractivity contribution is -0.123. The number of rotatable bonds is 4. The van der Waals surface area contributed by atoms with Crippen molar-refractivity contribution in [3.63, 3.8) is 0 Å². The molecule has 1 aromatic carbocycles. The second-order valence-electron chi connectivity index (χ2n) is 3.81. The van der Waals surface area contributed by atoms with E-state index in [0.717, 1.165) is 12.8 Å². The lowest BCUT2D eigenvalue weighted by Crippen LogP contribution is -2.30.